The summed E-state index contributed by atoms with van der Waals surface area (Å²) in [6.07, 6.45) is 3.61. The highest BCUT2D eigenvalue weighted by molar-refractivity contribution is 8.13. The van der Waals surface area contributed by atoms with Gasteiger partial charge in [-0.1, -0.05) is 42.1 Å². The van der Waals surface area contributed by atoms with Gasteiger partial charge in [0.2, 0.25) is 0 Å². The minimum atomic E-state index is -0.366. The highest BCUT2D eigenvalue weighted by atomic mass is 32.2. The van der Waals surface area contributed by atoms with Crippen LogP contribution >= 0.6 is 11.8 Å². The Morgan fingerprint density at radius 3 is 2.69 bits per heavy atom. The highest BCUT2D eigenvalue weighted by Gasteiger charge is 2.48. The van der Waals surface area contributed by atoms with Gasteiger partial charge in [-0.15, -0.1) is 0 Å². The standard InChI is InChI=1S/C21H24N2O2S/c1-20(2)13-21(23-19(22-20)26-3)12-18(14-7-5-4-6-8-14)25-17-11-15(24)9-10-16(17)21/h4-11,18,24H,12-13H2,1-3H3,(H,22,23)/t18-,21-/m0/s1. The van der Waals surface area contributed by atoms with Gasteiger partial charge in [0.05, 0.1) is 5.54 Å². The normalized spacial score (nSPS) is 26.4. The van der Waals surface area contributed by atoms with E-state index in [4.69, 9.17) is 9.73 Å². The molecule has 0 saturated heterocycles. The Morgan fingerprint density at radius 1 is 1.19 bits per heavy atom. The number of phenolic OH excluding ortho intramolecular Hbond substituents is 1. The fourth-order valence-electron chi connectivity index (χ4n) is 4.15. The first-order chi connectivity index (χ1) is 12.4. The number of aromatic hydroxyl groups is 1. The van der Waals surface area contributed by atoms with Crippen molar-refractivity contribution in [1.29, 1.82) is 0 Å². The summed E-state index contributed by atoms with van der Waals surface area (Å²) >= 11 is 1.64. The number of hydrogen-bond acceptors (Lipinski definition) is 5. The molecule has 2 atom stereocenters. The monoisotopic (exact) mass is 368 g/mol. The van der Waals surface area contributed by atoms with E-state index in [-0.39, 0.29) is 22.9 Å². The summed E-state index contributed by atoms with van der Waals surface area (Å²) in [5.74, 6) is 0.946. The van der Waals surface area contributed by atoms with Crippen LogP contribution in [0, 0.1) is 0 Å². The third kappa shape index (κ3) is 3.05. The van der Waals surface area contributed by atoms with Crippen molar-refractivity contribution in [3.8, 4) is 11.5 Å². The van der Waals surface area contributed by atoms with Gasteiger partial charge in [0.25, 0.3) is 0 Å². The van der Waals surface area contributed by atoms with Crippen LogP contribution < -0.4 is 10.1 Å². The van der Waals surface area contributed by atoms with Crippen molar-refractivity contribution in [2.24, 2.45) is 4.99 Å². The van der Waals surface area contributed by atoms with E-state index in [0.717, 1.165) is 34.9 Å². The molecule has 0 radical (unpaired) electrons. The second-order valence-corrected chi connectivity index (χ2v) is 8.54. The van der Waals surface area contributed by atoms with E-state index < -0.39 is 0 Å². The van der Waals surface area contributed by atoms with Gasteiger partial charge in [-0.05, 0) is 44.2 Å². The lowest BCUT2D eigenvalue weighted by molar-refractivity contribution is 0.103. The van der Waals surface area contributed by atoms with E-state index in [1.165, 1.54) is 0 Å². The maximum Gasteiger partial charge on any atom is 0.157 e. The molecular formula is C21H24N2O2S. The average Bonchev–Trinajstić information content (AvgIpc) is 2.60. The molecule has 0 aliphatic carbocycles. The lowest BCUT2D eigenvalue weighted by Gasteiger charge is -2.47. The molecule has 5 heteroatoms. The second-order valence-electron chi connectivity index (χ2n) is 7.74. The maximum absolute atomic E-state index is 10.0. The molecule has 4 nitrogen and oxygen atoms in total. The smallest absolute Gasteiger partial charge is 0.157 e. The van der Waals surface area contributed by atoms with Crippen LogP contribution in [0.25, 0.3) is 0 Å². The molecule has 1 spiro atoms. The summed E-state index contributed by atoms with van der Waals surface area (Å²) in [5.41, 5.74) is 1.75. The van der Waals surface area contributed by atoms with Gasteiger partial charge in [-0.25, -0.2) is 0 Å². The molecule has 0 unspecified atom stereocenters. The van der Waals surface area contributed by atoms with Crippen LogP contribution in [0.1, 0.15) is 43.9 Å². The van der Waals surface area contributed by atoms with Crippen LogP contribution in [-0.4, -0.2) is 22.1 Å². The number of nitrogens with one attached hydrogen (secondary N) is 1. The number of rotatable bonds is 1. The lowest BCUT2D eigenvalue weighted by Crippen LogP contribution is -2.53. The summed E-state index contributed by atoms with van der Waals surface area (Å²) in [6, 6.07) is 15.7. The molecule has 0 saturated carbocycles. The Balaban J connectivity index is 1.87. The Kier molecular flexibility index (Phi) is 4.14. The number of fused-ring (bicyclic) bond motifs is 2. The van der Waals surface area contributed by atoms with Crippen LogP contribution in [0.4, 0.5) is 0 Å². The maximum atomic E-state index is 10.0. The summed E-state index contributed by atoms with van der Waals surface area (Å²) in [6.45, 7) is 4.43. The molecule has 2 aromatic rings. The first-order valence-electron chi connectivity index (χ1n) is 8.88. The Hall–Kier alpha value is -2.14. The Bertz CT molecular complexity index is 850. The van der Waals surface area contributed by atoms with Gasteiger partial charge in [0.1, 0.15) is 17.6 Å². The van der Waals surface area contributed by atoms with E-state index in [9.17, 15) is 5.11 Å². The number of hydrogen-bond donors (Lipinski definition) is 2. The van der Waals surface area contributed by atoms with Crippen LogP contribution in [-0.2, 0) is 5.54 Å². The first kappa shape index (κ1) is 17.3. The van der Waals surface area contributed by atoms with Crippen molar-refractivity contribution in [1.82, 2.24) is 5.32 Å². The summed E-state index contributed by atoms with van der Waals surface area (Å²) in [7, 11) is 0. The zero-order chi connectivity index (χ0) is 18.4. The van der Waals surface area contributed by atoms with Gasteiger partial charge in [-0.2, -0.15) is 0 Å². The van der Waals surface area contributed by atoms with Gasteiger partial charge in [-0.3, -0.25) is 4.99 Å². The minimum absolute atomic E-state index is 0.0756. The molecule has 2 heterocycles. The quantitative estimate of drug-likeness (QED) is 0.772. The number of benzene rings is 2. The summed E-state index contributed by atoms with van der Waals surface area (Å²) in [4.78, 5) is 5.14. The molecule has 4 rings (SSSR count). The van der Waals surface area contributed by atoms with Gasteiger partial charge in [0.15, 0.2) is 5.17 Å². The van der Waals surface area contributed by atoms with E-state index in [1.807, 2.05) is 30.5 Å². The SMILES string of the molecule is CSC1=N[C@@]2(C[C@@H](c3ccccc3)Oc3cc(O)ccc32)CC(C)(C)N1. The molecule has 0 amide bonds. The van der Waals surface area contributed by atoms with Crippen molar-refractivity contribution >= 4 is 16.9 Å². The second kappa shape index (κ2) is 6.23. The molecule has 0 fully saturated rings. The zero-order valence-electron chi connectivity index (χ0n) is 15.3. The first-order valence-corrected chi connectivity index (χ1v) is 10.1. The van der Waals surface area contributed by atoms with E-state index >= 15 is 0 Å². The number of nitrogens with zero attached hydrogens (tertiary/aromatic N) is 1. The van der Waals surface area contributed by atoms with Crippen molar-refractivity contribution in [2.45, 2.75) is 43.9 Å². The van der Waals surface area contributed by atoms with Crippen molar-refractivity contribution in [2.75, 3.05) is 6.26 Å². The molecule has 0 aromatic heterocycles. The molecule has 2 aliphatic heterocycles. The third-order valence-corrected chi connectivity index (χ3v) is 5.70. The molecular weight excluding hydrogens is 344 g/mol. The average molecular weight is 369 g/mol. The predicted octanol–water partition coefficient (Wildman–Crippen LogP) is 4.60. The Labute approximate surface area is 158 Å². The van der Waals surface area contributed by atoms with Crippen LogP contribution in [0.2, 0.25) is 0 Å². The number of ether oxygens (including phenoxy) is 1. The topological polar surface area (TPSA) is 53.9 Å². The van der Waals surface area contributed by atoms with Crippen molar-refractivity contribution in [3.63, 3.8) is 0 Å². The molecule has 2 aliphatic rings. The fourth-order valence-corrected chi connectivity index (χ4v) is 4.80. The summed E-state index contributed by atoms with van der Waals surface area (Å²) < 4.78 is 6.31. The number of thioether (sulfide) groups is 1. The Morgan fingerprint density at radius 2 is 1.96 bits per heavy atom. The number of phenols is 1. The largest absolute Gasteiger partial charge is 0.508 e. The highest BCUT2D eigenvalue weighted by Crippen LogP contribution is 2.52. The summed E-state index contributed by atoms with van der Waals surface area (Å²) in [5, 5.41) is 14.5. The van der Waals surface area contributed by atoms with Crippen LogP contribution in [0.15, 0.2) is 53.5 Å². The van der Waals surface area contributed by atoms with Gasteiger partial charge >= 0.3 is 0 Å². The zero-order valence-corrected chi connectivity index (χ0v) is 16.1. The molecule has 2 aromatic carbocycles. The molecule has 26 heavy (non-hydrogen) atoms. The lowest BCUT2D eigenvalue weighted by atomic mass is 9.72. The predicted molar refractivity (Wildman–Crippen MR) is 107 cm³/mol. The fraction of sp³-hybridized carbons (Fsp3) is 0.381. The molecule has 136 valence electrons. The van der Waals surface area contributed by atoms with Gasteiger partial charge in [0, 0.05) is 23.6 Å². The van der Waals surface area contributed by atoms with E-state index in [1.54, 1.807) is 23.9 Å². The minimum Gasteiger partial charge on any atom is -0.508 e. The van der Waals surface area contributed by atoms with Crippen molar-refractivity contribution < 1.29 is 9.84 Å². The molecule has 0 bridgehead atoms. The molecule has 2 N–H and O–H groups in total. The van der Waals surface area contributed by atoms with Crippen LogP contribution in [0.5, 0.6) is 11.5 Å². The number of amidine groups is 1. The van der Waals surface area contributed by atoms with Crippen LogP contribution in [0.3, 0.4) is 0 Å². The van der Waals surface area contributed by atoms with E-state index in [0.29, 0.717) is 0 Å². The van der Waals surface area contributed by atoms with E-state index in [2.05, 4.69) is 31.3 Å². The van der Waals surface area contributed by atoms with Crippen molar-refractivity contribution in [3.05, 3.63) is 59.7 Å². The van der Waals surface area contributed by atoms with Gasteiger partial charge < -0.3 is 15.2 Å². The number of aliphatic imine (C=N–C) groups is 1. The third-order valence-electron chi connectivity index (χ3n) is 5.12.